The van der Waals surface area contributed by atoms with Crippen LogP contribution in [0.4, 0.5) is 0 Å². The Labute approximate surface area is 197 Å². The molecule has 0 saturated carbocycles. The Morgan fingerprint density at radius 3 is 2.77 bits per heavy atom. The van der Waals surface area contributed by atoms with Gasteiger partial charge in [-0.15, -0.1) is 24.0 Å². The largest absolute Gasteiger partial charge is 0.359 e. The molecule has 1 aromatic carbocycles. The highest BCUT2D eigenvalue weighted by Gasteiger charge is 2.22. The van der Waals surface area contributed by atoms with Crippen LogP contribution in [0.5, 0.6) is 0 Å². The average molecular weight is 525 g/mol. The summed E-state index contributed by atoms with van der Waals surface area (Å²) < 4.78 is 5.39. The van der Waals surface area contributed by atoms with E-state index in [2.05, 4.69) is 76.8 Å². The van der Waals surface area contributed by atoms with Crippen LogP contribution >= 0.6 is 24.0 Å². The van der Waals surface area contributed by atoms with Crippen molar-refractivity contribution in [2.24, 2.45) is 10.9 Å². The smallest absolute Gasteiger partial charge is 0.191 e. The van der Waals surface area contributed by atoms with Gasteiger partial charge < -0.3 is 20.1 Å². The second-order valence-corrected chi connectivity index (χ2v) is 8.14. The second kappa shape index (κ2) is 12.9. The molecule has 30 heavy (non-hydrogen) atoms. The van der Waals surface area contributed by atoms with Crippen molar-refractivity contribution >= 4 is 29.9 Å². The van der Waals surface area contributed by atoms with Gasteiger partial charge in [-0.3, -0.25) is 0 Å². The van der Waals surface area contributed by atoms with E-state index in [1.165, 1.54) is 18.5 Å². The number of guanidine groups is 1. The van der Waals surface area contributed by atoms with E-state index in [0.717, 1.165) is 50.0 Å². The molecule has 1 aliphatic rings. The van der Waals surface area contributed by atoms with Gasteiger partial charge in [0.1, 0.15) is 6.54 Å². The summed E-state index contributed by atoms with van der Waals surface area (Å²) in [6.07, 6.45) is 2.36. The lowest BCUT2D eigenvalue weighted by Gasteiger charge is -2.17. The number of nitrogens with zero attached hydrogens (tertiary/aromatic N) is 3. The highest BCUT2D eigenvalue weighted by Crippen LogP contribution is 2.16. The van der Waals surface area contributed by atoms with Gasteiger partial charge in [-0.25, -0.2) is 4.99 Å². The molecule has 3 rings (SSSR count). The second-order valence-electron chi connectivity index (χ2n) is 8.14. The normalized spacial score (nSPS) is 17.2. The minimum atomic E-state index is 0. The Bertz CT molecular complexity index is 762. The molecule has 1 unspecified atom stereocenters. The zero-order valence-electron chi connectivity index (χ0n) is 18.4. The third kappa shape index (κ3) is 7.91. The maximum absolute atomic E-state index is 5.39. The molecule has 1 fully saturated rings. The molecule has 1 atom stereocenters. The van der Waals surface area contributed by atoms with Gasteiger partial charge in [-0.05, 0) is 43.7 Å². The standard InChI is InChI=1S/C23H35N5O.HI/c1-4-24-23(26-16-21-14-22(18(2)3)27-29-21)25-15-20-11-13-28(17-20)12-10-19-8-6-5-7-9-19;/h5-9,14,18,20H,4,10-13,15-17H2,1-3H3,(H2,24,25,26);1H. The van der Waals surface area contributed by atoms with E-state index in [0.29, 0.717) is 18.4 Å². The zero-order chi connectivity index (χ0) is 20.5. The van der Waals surface area contributed by atoms with Crippen molar-refractivity contribution in [2.45, 2.75) is 46.1 Å². The van der Waals surface area contributed by atoms with Crippen LogP contribution in [0.25, 0.3) is 0 Å². The van der Waals surface area contributed by atoms with Crippen LogP contribution in [0, 0.1) is 5.92 Å². The molecule has 7 heteroatoms. The van der Waals surface area contributed by atoms with Crippen LogP contribution in [0.3, 0.4) is 0 Å². The maximum Gasteiger partial charge on any atom is 0.191 e. The lowest BCUT2D eigenvalue weighted by Crippen LogP contribution is -2.40. The number of halogens is 1. The highest BCUT2D eigenvalue weighted by molar-refractivity contribution is 14.0. The molecule has 0 bridgehead atoms. The molecule has 166 valence electrons. The van der Waals surface area contributed by atoms with Crippen molar-refractivity contribution in [3.63, 3.8) is 0 Å². The molecule has 2 aromatic rings. The Hall–Kier alpha value is -1.61. The van der Waals surface area contributed by atoms with E-state index in [9.17, 15) is 0 Å². The van der Waals surface area contributed by atoms with E-state index < -0.39 is 0 Å². The number of aliphatic imine (C=N–C) groups is 1. The number of aromatic nitrogens is 1. The molecule has 1 saturated heterocycles. The average Bonchev–Trinajstić information content (AvgIpc) is 3.39. The van der Waals surface area contributed by atoms with Crippen molar-refractivity contribution in [2.75, 3.05) is 32.7 Å². The van der Waals surface area contributed by atoms with Gasteiger partial charge in [0.25, 0.3) is 0 Å². The highest BCUT2D eigenvalue weighted by atomic mass is 127. The molecule has 6 nitrogen and oxygen atoms in total. The Kier molecular flexibility index (Phi) is 10.6. The molecule has 0 amide bonds. The zero-order valence-corrected chi connectivity index (χ0v) is 20.8. The van der Waals surface area contributed by atoms with Crippen LogP contribution in [0.2, 0.25) is 0 Å². The van der Waals surface area contributed by atoms with E-state index in [1.807, 2.05) is 6.07 Å². The molecule has 0 aliphatic carbocycles. The van der Waals surface area contributed by atoms with Gasteiger partial charge in [-0.1, -0.05) is 49.3 Å². The van der Waals surface area contributed by atoms with E-state index in [4.69, 9.17) is 4.52 Å². The third-order valence-electron chi connectivity index (χ3n) is 5.39. The number of benzene rings is 1. The van der Waals surface area contributed by atoms with E-state index >= 15 is 0 Å². The summed E-state index contributed by atoms with van der Waals surface area (Å²) in [7, 11) is 0. The minimum Gasteiger partial charge on any atom is -0.359 e. The lowest BCUT2D eigenvalue weighted by molar-refractivity contribution is 0.328. The lowest BCUT2D eigenvalue weighted by atomic mass is 10.1. The van der Waals surface area contributed by atoms with E-state index in [-0.39, 0.29) is 24.0 Å². The number of nitrogens with one attached hydrogen (secondary N) is 2. The summed E-state index contributed by atoms with van der Waals surface area (Å²) in [6.45, 7) is 12.1. The number of rotatable bonds is 9. The Morgan fingerprint density at radius 1 is 1.27 bits per heavy atom. The third-order valence-corrected chi connectivity index (χ3v) is 5.39. The first-order chi connectivity index (χ1) is 14.1. The van der Waals surface area contributed by atoms with Gasteiger partial charge >= 0.3 is 0 Å². The topological polar surface area (TPSA) is 65.7 Å². The number of hydrogen-bond donors (Lipinski definition) is 2. The van der Waals surface area contributed by atoms with Gasteiger partial charge in [0.15, 0.2) is 11.7 Å². The summed E-state index contributed by atoms with van der Waals surface area (Å²) in [4.78, 5) is 7.23. The molecular weight excluding hydrogens is 489 g/mol. The first-order valence-electron chi connectivity index (χ1n) is 10.9. The Balaban J connectivity index is 0.00000320. The maximum atomic E-state index is 5.39. The first-order valence-corrected chi connectivity index (χ1v) is 10.9. The SMILES string of the molecule is CCNC(=NCc1cc(C(C)C)no1)NCC1CCN(CCc2ccccc2)C1.I. The minimum absolute atomic E-state index is 0. The van der Waals surface area contributed by atoms with Crippen LogP contribution in [-0.2, 0) is 13.0 Å². The fourth-order valence-electron chi connectivity index (χ4n) is 3.63. The van der Waals surface area contributed by atoms with Gasteiger partial charge in [0, 0.05) is 32.2 Å². The van der Waals surface area contributed by atoms with Gasteiger partial charge in [-0.2, -0.15) is 0 Å². The number of hydrogen-bond acceptors (Lipinski definition) is 4. The fourth-order valence-corrected chi connectivity index (χ4v) is 3.63. The van der Waals surface area contributed by atoms with Crippen LogP contribution in [0.1, 0.15) is 50.1 Å². The molecule has 2 heterocycles. The number of likely N-dealkylation sites (tertiary alicyclic amines) is 1. The summed E-state index contributed by atoms with van der Waals surface area (Å²) in [6, 6.07) is 12.8. The van der Waals surface area contributed by atoms with Crippen molar-refractivity contribution in [1.82, 2.24) is 20.7 Å². The van der Waals surface area contributed by atoms with Crippen LogP contribution in [-0.4, -0.2) is 48.7 Å². The summed E-state index contributed by atoms with van der Waals surface area (Å²) in [5.41, 5.74) is 2.40. The van der Waals surface area contributed by atoms with Crippen LogP contribution < -0.4 is 10.6 Å². The summed E-state index contributed by atoms with van der Waals surface area (Å²) >= 11 is 0. The molecule has 0 radical (unpaired) electrons. The fraction of sp³-hybridized carbons (Fsp3) is 0.565. The first kappa shape index (κ1) is 24.7. The molecular formula is C23H36IN5O. The van der Waals surface area contributed by atoms with Gasteiger partial charge in [0.05, 0.1) is 5.69 Å². The molecule has 1 aromatic heterocycles. The summed E-state index contributed by atoms with van der Waals surface area (Å²) in [5, 5.41) is 10.9. The van der Waals surface area contributed by atoms with E-state index in [1.54, 1.807) is 0 Å². The quantitative estimate of drug-likeness (QED) is 0.294. The van der Waals surface area contributed by atoms with Crippen molar-refractivity contribution in [3.05, 3.63) is 53.4 Å². The van der Waals surface area contributed by atoms with Crippen molar-refractivity contribution < 1.29 is 4.52 Å². The predicted octanol–water partition coefficient (Wildman–Crippen LogP) is 4.04. The van der Waals surface area contributed by atoms with Crippen LogP contribution in [0.15, 0.2) is 45.9 Å². The summed E-state index contributed by atoms with van der Waals surface area (Å²) in [5.74, 6) is 2.68. The molecule has 0 spiro atoms. The Morgan fingerprint density at radius 2 is 2.07 bits per heavy atom. The van der Waals surface area contributed by atoms with Gasteiger partial charge in [0.2, 0.25) is 0 Å². The van der Waals surface area contributed by atoms with Crippen molar-refractivity contribution in [3.8, 4) is 0 Å². The molecule has 2 N–H and O–H groups in total. The van der Waals surface area contributed by atoms with Crippen molar-refractivity contribution in [1.29, 1.82) is 0 Å². The molecule has 1 aliphatic heterocycles. The monoisotopic (exact) mass is 525 g/mol. The predicted molar refractivity (Wildman–Crippen MR) is 134 cm³/mol.